The highest BCUT2D eigenvalue weighted by Crippen LogP contribution is 2.16. The van der Waals surface area contributed by atoms with E-state index in [1.807, 2.05) is 0 Å². The quantitative estimate of drug-likeness (QED) is 0.705. The Kier molecular flexibility index (Phi) is 5.90. The molecule has 1 aromatic carbocycles. The molecule has 6 heteroatoms. The van der Waals surface area contributed by atoms with Crippen molar-refractivity contribution in [1.29, 1.82) is 0 Å². The molecule has 114 valence electrons. The lowest BCUT2D eigenvalue weighted by molar-refractivity contribution is -0.139. The summed E-state index contributed by atoms with van der Waals surface area (Å²) >= 11 is 0. The van der Waals surface area contributed by atoms with Gasteiger partial charge in [-0.3, -0.25) is 0 Å². The van der Waals surface area contributed by atoms with Gasteiger partial charge in [0.15, 0.2) is 0 Å². The minimum absolute atomic E-state index is 0.121. The maximum Gasteiger partial charge on any atom is 0.326 e. The second-order valence-electron chi connectivity index (χ2n) is 4.76. The summed E-state index contributed by atoms with van der Waals surface area (Å²) < 4.78 is 13.5. The lowest BCUT2D eigenvalue weighted by atomic mass is 10.1. The predicted molar refractivity (Wildman–Crippen MR) is 77.5 cm³/mol. The van der Waals surface area contributed by atoms with Crippen molar-refractivity contribution >= 4 is 12.0 Å². The van der Waals surface area contributed by atoms with Crippen LogP contribution in [0.2, 0.25) is 0 Å². The van der Waals surface area contributed by atoms with Crippen molar-refractivity contribution in [2.45, 2.75) is 32.4 Å². The zero-order valence-corrected chi connectivity index (χ0v) is 12.0. The van der Waals surface area contributed by atoms with E-state index in [1.165, 1.54) is 12.1 Å². The number of urea groups is 1. The zero-order valence-electron chi connectivity index (χ0n) is 12.0. The molecule has 0 radical (unpaired) electrons. The number of benzene rings is 1. The average Bonchev–Trinajstić information content (AvgIpc) is 2.41. The Balaban J connectivity index is 2.66. The Morgan fingerprint density at radius 1 is 1.43 bits per heavy atom. The Bertz CT molecular complexity index is 546. The molecule has 0 fully saturated rings. The highest BCUT2D eigenvalue weighted by Gasteiger charge is 2.19. The lowest BCUT2D eigenvalue weighted by Crippen LogP contribution is -2.46. The second kappa shape index (κ2) is 7.42. The van der Waals surface area contributed by atoms with Crippen LogP contribution in [0.3, 0.4) is 0 Å². The molecule has 0 aromatic heterocycles. The summed E-state index contributed by atoms with van der Waals surface area (Å²) in [7, 11) is 0. The van der Waals surface area contributed by atoms with E-state index in [0.717, 1.165) is 0 Å². The predicted octanol–water partition coefficient (Wildman–Crippen LogP) is 2.52. The van der Waals surface area contributed by atoms with Gasteiger partial charge in [-0.1, -0.05) is 18.2 Å². The molecule has 0 bridgehead atoms. The summed E-state index contributed by atoms with van der Waals surface area (Å²) in [6.07, 6.45) is 1.54. The molecule has 3 N–H and O–H groups in total. The number of carboxylic acids is 1. The molecule has 1 rings (SSSR count). The number of carbonyl (C=O) groups is 2. The normalized spacial score (nSPS) is 13.1. The van der Waals surface area contributed by atoms with E-state index in [4.69, 9.17) is 5.11 Å². The van der Waals surface area contributed by atoms with E-state index in [9.17, 15) is 14.0 Å². The molecular formula is C15H19FN2O3. The van der Waals surface area contributed by atoms with Crippen molar-refractivity contribution in [3.8, 4) is 0 Å². The van der Waals surface area contributed by atoms with Gasteiger partial charge in [-0.2, -0.15) is 0 Å². The van der Waals surface area contributed by atoms with Gasteiger partial charge in [0.1, 0.15) is 11.9 Å². The van der Waals surface area contributed by atoms with Crippen LogP contribution in [0, 0.1) is 12.7 Å². The number of hydrogen-bond donors (Lipinski definition) is 3. The summed E-state index contributed by atoms with van der Waals surface area (Å²) in [6.45, 7) is 6.78. The van der Waals surface area contributed by atoms with Gasteiger partial charge in [0.2, 0.25) is 0 Å². The van der Waals surface area contributed by atoms with E-state index in [-0.39, 0.29) is 12.2 Å². The number of hydrogen-bond acceptors (Lipinski definition) is 2. The van der Waals surface area contributed by atoms with Crippen LogP contribution in [0.4, 0.5) is 9.18 Å². The number of nitrogens with one attached hydrogen (secondary N) is 2. The van der Waals surface area contributed by atoms with Crippen molar-refractivity contribution in [2.75, 3.05) is 0 Å². The van der Waals surface area contributed by atoms with Crippen LogP contribution in [0.25, 0.3) is 0 Å². The lowest BCUT2D eigenvalue weighted by Gasteiger charge is -2.18. The molecule has 5 nitrogen and oxygen atoms in total. The summed E-state index contributed by atoms with van der Waals surface area (Å²) in [5.74, 6) is -1.49. The fourth-order valence-electron chi connectivity index (χ4n) is 1.75. The number of carbonyl (C=O) groups excluding carboxylic acids is 1. The monoisotopic (exact) mass is 294 g/mol. The molecule has 0 spiro atoms. The maximum atomic E-state index is 13.5. The Labute approximate surface area is 122 Å². The van der Waals surface area contributed by atoms with E-state index in [1.54, 1.807) is 26.0 Å². The minimum Gasteiger partial charge on any atom is -0.480 e. The summed E-state index contributed by atoms with van der Waals surface area (Å²) in [6, 6.07) is 2.57. The van der Waals surface area contributed by atoms with E-state index >= 15 is 0 Å². The smallest absolute Gasteiger partial charge is 0.326 e. The average molecular weight is 294 g/mol. The number of halogens is 1. The van der Waals surface area contributed by atoms with Crippen LogP contribution >= 0.6 is 0 Å². The van der Waals surface area contributed by atoms with Crippen molar-refractivity contribution < 1.29 is 19.1 Å². The topological polar surface area (TPSA) is 78.4 Å². The van der Waals surface area contributed by atoms with Crippen molar-refractivity contribution in [1.82, 2.24) is 10.6 Å². The van der Waals surface area contributed by atoms with Gasteiger partial charge < -0.3 is 15.7 Å². The van der Waals surface area contributed by atoms with Crippen molar-refractivity contribution in [2.24, 2.45) is 0 Å². The standard InChI is InChI=1S/C15H19FN2O3/c1-4-5-13(14(19)20)18-15(21)17-10(3)11-7-6-9(2)12(16)8-11/h4,6-8,10,13H,1,5H2,2-3H3,(H,19,20)(H2,17,18,21). The molecular weight excluding hydrogens is 275 g/mol. The third-order valence-electron chi connectivity index (χ3n) is 3.05. The molecule has 0 saturated heterocycles. The fourth-order valence-corrected chi connectivity index (χ4v) is 1.75. The number of rotatable bonds is 6. The van der Waals surface area contributed by atoms with Gasteiger partial charge in [0, 0.05) is 0 Å². The van der Waals surface area contributed by atoms with Crippen LogP contribution in [-0.2, 0) is 4.79 Å². The van der Waals surface area contributed by atoms with Gasteiger partial charge in [-0.25, -0.2) is 14.0 Å². The van der Waals surface area contributed by atoms with Crippen LogP contribution in [0.5, 0.6) is 0 Å². The van der Waals surface area contributed by atoms with Crippen molar-refractivity contribution in [3.05, 3.63) is 47.8 Å². The summed E-state index contributed by atoms with van der Waals surface area (Å²) in [4.78, 5) is 22.7. The van der Waals surface area contributed by atoms with E-state index < -0.39 is 24.1 Å². The number of carboxylic acid groups (broad SMARTS) is 1. The third-order valence-corrected chi connectivity index (χ3v) is 3.05. The van der Waals surface area contributed by atoms with Crippen molar-refractivity contribution in [3.63, 3.8) is 0 Å². The first-order valence-corrected chi connectivity index (χ1v) is 6.52. The molecule has 0 aliphatic rings. The Morgan fingerprint density at radius 3 is 2.62 bits per heavy atom. The van der Waals surface area contributed by atoms with Gasteiger partial charge >= 0.3 is 12.0 Å². The molecule has 0 aliphatic carbocycles. The Hall–Kier alpha value is -2.37. The van der Waals surface area contributed by atoms with E-state index in [2.05, 4.69) is 17.2 Å². The maximum absolute atomic E-state index is 13.5. The van der Waals surface area contributed by atoms with Crippen LogP contribution in [-0.4, -0.2) is 23.1 Å². The van der Waals surface area contributed by atoms with Crippen LogP contribution in [0.1, 0.15) is 30.5 Å². The molecule has 21 heavy (non-hydrogen) atoms. The summed E-state index contributed by atoms with van der Waals surface area (Å²) in [5.41, 5.74) is 1.12. The van der Waals surface area contributed by atoms with Gasteiger partial charge in [0.25, 0.3) is 0 Å². The molecule has 1 aromatic rings. The molecule has 2 amide bonds. The fraction of sp³-hybridized carbons (Fsp3) is 0.333. The molecule has 0 saturated carbocycles. The van der Waals surface area contributed by atoms with Gasteiger partial charge in [-0.15, -0.1) is 6.58 Å². The molecule has 0 aliphatic heterocycles. The van der Waals surface area contributed by atoms with E-state index in [0.29, 0.717) is 11.1 Å². The van der Waals surface area contributed by atoms with Crippen LogP contribution < -0.4 is 10.6 Å². The highest BCUT2D eigenvalue weighted by molar-refractivity contribution is 5.82. The molecule has 0 heterocycles. The molecule has 2 atom stereocenters. The number of aryl methyl sites for hydroxylation is 1. The first-order valence-electron chi connectivity index (χ1n) is 6.52. The number of amides is 2. The van der Waals surface area contributed by atoms with Crippen LogP contribution in [0.15, 0.2) is 30.9 Å². The largest absolute Gasteiger partial charge is 0.480 e. The summed E-state index contributed by atoms with van der Waals surface area (Å²) in [5, 5.41) is 13.8. The SMILES string of the molecule is C=CCC(NC(=O)NC(C)c1ccc(C)c(F)c1)C(=O)O. The second-order valence-corrected chi connectivity index (χ2v) is 4.76. The minimum atomic E-state index is -1.14. The number of aliphatic carboxylic acids is 1. The third kappa shape index (κ3) is 4.91. The zero-order chi connectivity index (χ0) is 16.0. The first-order chi connectivity index (χ1) is 9.85. The highest BCUT2D eigenvalue weighted by atomic mass is 19.1. The van der Waals surface area contributed by atoms with Gasteiger partial charge in [0.05, 0.1) is 6.04 Å². The van der Waals surface area contributed by atoms with Gasteiger partial charge in [-0.05, 0) is 37.5 Å². The first kappa shape index (κ1) is 16.7. The molecule has 2 unspecified atom stereocenters. The Morgan fingerprint density at radius 2 is 2.10 bits per heavy atom.